The number of fused-ring (bicyclic) bond motifs is 3. The molecule has 0 N–H and O–H groups in total. The molecule has 122 valence electrons. The predicted octanol–water partition coefficient (Wildman–Crippen LogP) is 1.40. The van der Waals surface area contributed by atoms with E-state index in [1.807, 2.05) is 17.7 Å². The second kappa shape index (κ2) is 5.33. The smallest absolute Gasteiger partial charge is 0.270 e. The lowest BCUT2D eigenvalue weighted by Crippen LogP contribution is -2.62. The molecule has 1 aromatic rings. The lowest BCUT2D eigenvalue weighted by Gasteiger charge is -2.32. The van der Waals surface area contributed by atoms with Gasteiger partial charge in [0.15, 0.2) is 0 Å². The Bertz CT molecular complexity index is 731. The Morgan fingerprint density at radius 1 is 1.43 bits per heavy atom. The van der Waals surface area contributed by atoms with E-state index in [1.54, 1.807) is 13.1 Å². The molecule has 0 radical (unpaired) electrons. The van der Waals surface area contributed by atoms with Crippen LogP contribution in [0.4, 0.5) is 10.7 Å². The normalized spacial score (nSPS) is 20.0. The van der Waals surface area contributed by atoms with Gasteiger partial charge >= 0.3 is 12.0 Å². The van der Waals surface area contributed by atoms with Crippen molar-refractivity contribution in [3.8, 4) is 0 Å². The summed E-state index contributed by atoms with van der Waals surface area (Å²) in [6.45, 7) is 10.9. The number of urea groups is 1. The molecule has 1 fully saturated rings. The van der Waals surface area contributed by atoms with Gasteiger partial charge < -0.3 is 0 Å². The molecule has 3 amide bonds. The number of aliphatic imine (C=N–C) groups is 1. The number of imide groups is 1. The first kappa shape index (κ1) is 15.5. The van der Waals surface area contributed by atoms with Gasteiger partial charge in [0.2, 0.25) is 11.9 Å². The molecule has 1 aromatic heterocycles. The highest BCUT2D eigenvalue weighted by atomic mass is 16.2. The molecule has 3 heterocycles. The third kappa shape index (κ3) is 2.18. The summed E-state index contributed by atoms with van der Waals surface area (Å²) in [5.41, 5.74) is 1.05. The second-order valence-electron chi connectivity index (χ2n) is 6.43. The molecule has 23 heavy (non-hydrogen) atoms. The van der Waals surface area contributed by atoms with Crippen LogP contribution in [0.5, 0.6) is 0 Å². The van der Waals surface area contributed by atoms with Gasteiger partial charge in [-0.1, -0.05) is 24.9 Å². The van der Waals surface area contributed by atoms with Crippen molar-refractivity contribution in [2.75, 3.05) is 13.6 Å². The fraction of sp³-hybridized carbons (Fsp3) is 0.500. The Morgan fingerprint density at radius 2 is 2.13 bits per heavy atom. The van der Waals surface area contributed by atoms with E-state index >= 15 is 0 Å². The Morgan fingerprint density at radius 3 is 2.74 bits per heavy atom. The summed E-state index contributed by atoms with van der Waals surface area (Å²) in [5, 5.41) is 0. The minimum atomic E-state index is -0.570. The van der Waals surface area contributed by atoms with E-state index in [0.717, 1.165) is 18.2 Å². The molecule has 0 aliphatic carbocycles. The molecule has 2 aliphatic heterocycles. The van der Waals surface area contributed by atoms with Crippen molar-refractivity contribution in [3.05, 3.63) is 24.5 Å². The van der Waals surface area contributed by atoms with E-state index in [2.05, 4.69) is 30.0 Å². The number of amidine groups is 1. The zero-order valence-electron chi connectivity index (χ0n) is 14.0. The van der Waals surface area contributed by atoms with Gasteiger partial charge in [-0.05, 0) is 12.8 Å². The number of carbonyl (C=O) groups is 2. The summed E-state index contributed by atoms with van der Waals surface area (Å²) in [6, 6.07) is -0.928. The Kier molecular flexibility index (Phi) is 3.58. The first-order valence-corrected chi connectivity index (χ1v) is 7.76. The van der Waals surface area contributed by atoms with Crippen molar-refractivity contribution < 1.29 is 14.2 Å². The summed E-state index contributed by atoms with van der Waals surface area (Å²) in [6.07, 6.45) is 3.49. The molecule has 7 nitrogen and oxygen atoms in total. The lowest BCUT2D eigenvalue weighted by molar-refractivity contribution is -0.677. The quantitative estimate of drug-likeness (QED) is 0.623. The maximum absolute atomic E-state index is 12.8. The van der Waals surface area contributed by atoms with Crippen LogP contribution in [0.2, 0.25) is 0 Å². The number of hydrogen-bond acceptors (Lipinski definition) is 3. The van der Waals surface area contributed by atoms with Crippen molar-refractivity contribution >= 4 is 23.7 Å². The monoisotopic (exact) mass is 316 g/mol. The SMILES string of the molecule is C=CCN1C(=O)C2C(=Nc3n(CC(C)C)c(C)c[n+]32)N(C)C1=O. The van der Waals surface area contributed by atoms with Crippen molar-refractivity contribution in [3.63, 3.8) is 0 Å². The molecule has 7 heteroatoms. The van der Waals surface area contributed by atoms with E-state index in [1.165, 1.54) is 9.80 Å². The number of rotatable bonds is 4. The van der Waals surface area contributed by atoms with Crippen LogP contribution in [0, 0.1) is 12.8 Å². The van der Waals surface area contributed by atoms with Crippen LogP contribution in [0.15, 0.2) is 23.8 Å². The first-order chi connectivity index (χ1) is 10.9. The number of aromatic nitrogens is 2. The summed E-state index contributed by atoms with van der Waals surface area (Å²) in [7, 11) is 1.66. The number of likely N-dealkylation sites (N-methyl/N-ethyl adjacent to an activating group) is 1. The van der Waals surface area contributed by atoms with Crippen molar-refractivity contribution in [1.82, 2.24) is 14.4 Å². The number of nitrogens with zero attached hydrogens (tertiary/aromatic N) is 5. The average Bonchev–Trinajstić information content (AvgIpc) is 2.98. The lowest BCUT2D eigenvalue weighted by atomic mass is 10.1. The third-order valence-electron chi connectivity index (χ3n) is 4.18. The number of amides is 3. The zero-order chi connectivity index (χ0) is 16.9. The molecule has 0 bridgehead atoms. The minimum Gasteiger partial charge on any atom is -0.270 e. The molecule has 1 saturated heterocycles. The first-order valence-electron chi connectivity index (χ1n) is 7.76. The van der Waals surface area contributed by atoms with E-state index < -0.39 is 6.04 Å². The van der Waals surface area contributed by atoms with Crippen LogP contribution in [0.25, 0.3) is 0 Å². The number of hydrogen-bond donors (Lipinski definition) is 0. The van der Waals surface area contributed by atoms with Crippen molar-refractivity contribution in [2.24, 2.45) is 10.9 Å². The van der Waals surface area contributed by atoms with Crippen molar-refractivity contribution in [1.29, 1.82) is 0 Å². The van der Waals surface area contributed by atoms with E-state index in [4.69, 9.17) is 0 Å². The Labute approximate surface area is 135 Å². The number of imidazole rings is 1. The minimum absolute atomic E-state index is 0.202. The zero-order valence-corrected chi connectivity index (χ0v) is 14.0. The summed E-state index contributed by atoms with van der Waals surface area (Å²) < 4.78 is 3.97. The molecular weight excluding hydrogens is 294 g/mol. The fourth-order valence-corrected chi connectivity index (χ4v) is 3.12. The van der Waals surface area contributed by atoms with Crippen LogP contribution in [0.3, 0.4) is 0 Å². The molecule has 1 atom stereocenters. The fourth-order valence-electron chi connectivity index (χ4n) is 3.12. The van der Waals surface area contributed by atoms with Crippen LogP contribution in [-0.4, -0.2) is 45.7 Å². The van der Waals surface area contributed by atoms with Gasteiger partial charge in [0.1, 0.15) is 11.9 Å². The van der Waals surface area contributed by atoms with Crippen molar-refractivity contribution in [2.45, 2.75) is 33.4 Å². The van der Waals surface area contributed by atoms with Crippen LogP contribution < -0.4 is 4.57 Å². The highest BCUT2D eigenvalue weighted by Gasteiger charge is 2.52. The van der Waals surface area contributed by atoms with E-state index in [-0.39, 0.29) is 18.5 Å². The van der Waals surface area contributed by atoms with Gasteiger partial charge in [0.25, 0.3) is 5.91 Å². The number of aryl methyl sites for hydroxylation is 1. The van der Waals surface area contributed by atoms with Gasteiger partial charge in [-0.25, -0.2) is 13.9 Å². The highest BCUT2D eigenvalue weighted by molar-refractivity contribution is 6.19. The highest BCUT2D eigenvalue weighted by Crippen LogP contribution is 2.29. The standard InChI is InChI=1S/C16H22N5O2/c1-6-7-19-14(22)12-13(18(5)16(19)23)17-15-20(8-10(2)3)11(4)9-21(12)15/h6,9-10,12H,1,7-8H2,2-5H3/q+1. The predicted molar refractivity (Wildman–Crippen MR) is 85.4 cm³/mol. The van der Waals surface area contributed by atoms with Crippen LogP contribution in [0.1, 0.15) is 25.6 Å². The molecule has 3 rings (SSSR count). The van der Waals surface area contributed by atoms with Gasteiger partial charge in [-0.15, -0.1) is 6.58 Å². The summed E-state index contributed by atoms with van der Waals surface area (Å²) in [5.74, 6) is 1.43. The van der Waals surface area contributed by atoms with Gasteiger partial charge in [-0.2, -0.15) is 0 Å². The molecule has 2 aliphatic rings. The molecule has 0 aromatic carbocycles. The molecule has 0 saturated carbocycles. The van der Waals surface area contributed by atoms with E-state index in [9.17, 15) is 9.59 Å². The molecule has 1 unspecified atom stereocenters. The molecular formula is C16H22N5O2+. The topological polar surface area (TPSA) is 61.8 Å². The molecule has 0 spiro atoms. The van der Waals surface area contributed by atoms with Gasteiger partial charge in [0.05, 0.1) is 6.54 Å². The van der Waals surface area contributed by atoms with Crippen LogP contribution >= 0.6 is 0 Å². The maximum Gasteiger partial charge on any atom is 0.401 e. The Hall–Kier alpha value is -2.44. The largest absolute Gasteiger partial charge is 0.401 e. The number of carbonyl (C=O) groups excluding carboxylic acids is 2. The van der Waals surface area contributed by atoms with Crippen LogP contribution in [-0.2, 0) is 11.3 Å². The average molecular weight is 316 g/mol. The summed E-state index contributed by atoms with van der Waals surface area (Å²) in [4.78, 5) is 32.4. The van der Waals surface area contributed by atoms with Gasteiger partial charge in [0, 0.05) is 13.6 Å². The Balaban J connectivity index is 2.09. The summed E-state index contributed by atoms with van der Waals surface area (Å²) >= 11 is 0. The van der Waals surface area contributed by atoms with E-state index in [0.29, 0.717) is 11.8 Å². The second-order valence-corrected chi connectivity index (χ2v) is 6.43. The maximum atomic E-state index is 12.8. The third-order valence-corrected chi connectivity index (χ3v) is 4.18. The van der Waals surface area contributed by atoms with Gasteiger partial charge in [-0.3, -0.25) is 14.6 Å².